The molecule has 2 aromatic heterocycles. The second-order valence-electron chi connectivity index (χ2n) is 7.94. The van der Waals surface area contributed by atoms with Gasteiger partial charge in [0.25, 0.3) is 5.56 Å². The summed E-state index contributed by atoms with van der Waals surface area (Å²) in [6.45, 7) is 1.99. The number of methoxy groups -OCH3 is 2. The number of aryl methyl sites for hydroxylation is 1. The normalized spacial score (nSPS) is 14.7. The van der Waals surface area contributed by atoms with Crippen LogP contribution in [0.2, 0.25) is 0 Å². The molecule has 0 radical (unpaired) electrons. The van der Waals surface area contributed by atoms with Crippen LogP contribution in [0.4, 0.5) is 5.69 Å². The molecule has 0 bridgehead atoms. The quantitative estimate of drug-likeness (QED) is 0.424. The first-order valence-electron chi connectivity index (χ1n) is 10.7. The van der Waals surface area contributed by atoms with E-state index in [0.717, 1.165) is 11.3 Å². The van der Waals surface area contributed by atoms with E-state index in [2.05, 4.69) is 10.4 Å². The summed E-state index contributed by atoms with van der Waals surface area (Å²) in [5, 5.41) is 8.33. The maximum atomic E-state index is 13.3. The molecule has 0 aliphatic carbocycles. The van der Waals surface area contributed by atoms with Gasteiger partial charge in [0.1, 0.15) is 5.39 Å². The van der Waals surface area contributed by atoms with E-state index in [0.29, 0.717) is 39.1 Å². The highest BCUT2D eigenvalue weighted by molar-refractivity contribution is 7.99. The molecule has 174 valence electrons. The average Bonchev–Trinajstić information content (AvgIpc) is 3.44. The minimum Gasteiger partial charge on any atom is -0.493 e. The molecule has 0 saturated carbocycles. The fourth-order valence-corrected chi connectivity index (χ4v) is 5.23. The second kappa shape index (κ2) is 8.86. The molecule has 0 spiro atoms. The molecule has 1 aliphatic heterocycles. The van der Waals surface area contributed by atoms with Crippen LogP contribution in [0.25, 0.3) is 16.7 Å². The van der Waals surface area contributed by atoms with E-state index < -0.39 is 0 Å². The van der Waals surface area contributed by atoms with Gasteiger partial charge in [-0.05, 0) is 30.7 Å². The van der Waals surface area contributed by atoms with Gasteiger partial charge in [-0.3, -0.25) is 14.2 Å². The number of carbonyl (C=O) groups is 1. The molecule has 10 heteroatoms. The SMILES string of the molecule is COc1ccc(NC(=O)CC2CSc3nc4c(cnn4-c4ccccc4C)c(=O)n32)cc1OC. The lowest BCUT2D eigenvalue weighted by molar-refractivity contribution is -0.116. The van der Waals surface area contributed by atoms with Gasteiger partial charge in [-0.2, -0.15) is 5.10 Å². The van der Waals surface area contributed by atoms with Crippen LogP contribution in [0.15, 0.2) is 58.6 Å². The third-order valence-corrected chi connectivity index (χ3v) is 6.90. The van der Waals surface area contributed by atoms with E-state index in [1.54, 1.807) is 40.8 Å². The van der Waals surface area contributed by atoms with Crippen LogP contribution in [-0.2, 0) is 4.79 Å². The highest BCUT2D eigenvalue weighted by Crippen LogP contribution is 2.34. The highest BCUT2D eigenvalue weighted by atomic mass is 32.2. The number of aromatic nitrogens is 4. The standard InChI is InChI=1S/C24H23N5O4S/c1-14-6-4-5-7-18(14)29-22-17(12-25-29)23(31)28-16(13-34-24(28)27-22)11-21(30)26-15-8-9-19(32-2)20(10-15)33-3/h4-10,12,16H,11,13H2,1-3H3,(H,26,30). The zero-order valence-electron chi connectivity index (χ0n) is 18.9. The van der Waals surface area contributed by atoms with Crippen molar-refractivity contribution in [3.63, 3.8) is 0 Å². The number of amides is 1. The van der Waals surface area contributed by atoms with E-state index in [4.69, 9.17) is 14.5 Å². The minimum absolute atomic E-state index is 0.146. The van der Waals surface area contributed by atoms with Gasteiger partial charge in [0.15, 0.2) is 22.3 Å². The van der Waals surface area contributed by atoms with Gasteiger partial charge in [-0.15, -0.1) is 0 Å². The summed E-state index contributed by atoms with van der Waals surface area (Å²) in [6, 6.07) is 12.7. The Hall–Kier alpha value is -3.79. The van der Waals surface area contributed by atoms with Crippen LogP contribution in [0.5, 0.6) is 11.5 Å². The summed E-state index contributed by atoms with van der Waals surface area (Å²) >= 11 is 1.47. The zero-order chi connectivity index (χ0) is 23.8. The molecule has 1 aliphatic rings. The minimum atomic E-state index is -0.300. The molecular formula is C24H23N5O4S. The van der Waals surface area contributed by atoms with Crippen molar-refractivity contribution >= 4 is 34.4 Å². The summed E-state index contributed by atoms with van der Waals surface area (Å²) in [5.41, 5.74) is 2.84. The molecule has 4 aromatic rings. The lowest BCUT2D eigenvalue weighted by Gasteiger charge is -2.14. The van der Waals surface area contributed by atoms with Gasteiger partial charge >= 0.3 is 0 Å². The van der Waals surface area contributed by atoms with Gasteiger partial charge in [0.05, 0.1) is 32.1 Å². The largest absolute Gasteiger partial charge is 0.493 e. The van der Waals surface area contributed by atoms with Gasteiger partial charge in [-0.25, -0.2) is 9.67 Å². The monoisotopic (exact) mass is 477 g/mol. The predicted octanol–water partition coefficient (Wildman–Crippen LogP) is 3.58. The summed E-state index contributed by atoms with van der Waals surface area (Å²) in [7, 11) is 3.09. The number of carbonyl (C=O) groups excluding carboxylic acids is 1. The van der Waals surface area contributed by atoms with Crippen molar-refractivity contribution in [3.05, 3.63) is 64.6 Å². The van der Waals surface area contributed by atoms with Crippen molar-refractivity contribution in [2.75, 3.05) is 25.3 Å². The fourth-order valence-electron chi connectivity index (χ4n) is 4.10. The van der Waals surface area contributed by atoms with Crippen molar-refractivity contribution < 1.29 is 14.3 Å². The molecule has 2 aromatic carbocycles. The number of thioether (sulfide) groups is 1. The molecule has 1 atom stereocenters. The molecular weight excluding hydrogens is 454 g/mol. The number of ether oxygens (including phenoxy) is 2. The van der Waals surface area contributed by atoms with Crippen molar-refractivity contribution in [2.24, 2.45) is 0 Å². The number of hydrogen-bond acceptors (Lipinski definition) is 7. The Bertz CT molecular complexity index is 1460. The number of anilines is 1. The Morgan fingerprint density at radius 2 is 1.97 bits per heavy atom. The van der Waals surface area contributed by atoms with Crippen LogP contribution < -0.4 is 20.3 Å². The summed E-state index contributed by atoms with van der Waals surface area (Å²) in [4.78, 5) is 30.9. The van der Waals surface area contributed by atoms with Gasteiger partial charge < -0.3 is 14.8 Å². The molecule has 1 amide bonds. The van der Waals surface area contributed by atoms with E-state index in [1.807, 2.05) is 31.2 Å². The lowest BCUT2D eigenvalue weighted by atomic mass is 10.2. The Balaban J connectivity index is 1.41. The fraction of sp³-hybridized carbons (Fsp3) is 0.250. The predicted molar refractivity (Wildman–Crippen MR) is 130 cm³/mol. The van der Waals surface area contributed by atoms with E-state index in [9.17, 15) is 9.59 Å². The van der Waals surface area contributed by atoms with E-state index in [1.165, 1.54) is 18.9 Å². The first-order chi connectivity index (χ1) is 16.5. The first-order valence-corrected chi connectivity index (χ1v) is 11.7. The zero-order valence-corrected chi connectivity index (χ0v) is 19.8. The average molecular weight is 478 g/mol. The number of para-hydroxylation sites is 1. The topological polar surface area (TPSA) is 100 Å². The molecule has 34 heavy (non-hydrogen) atoms. The smallest absolute Gasteiger partial charge is 0.265 e. The van der Waals surface area contributed by atoms with Gasteiger partial charge in [0, 0.05) is 23.9 Å². The highest BCUT2D eigenvalue weighted by Gasteiger charge is 2.29. The Morgan fingerprint density at radius 1 is 1.18 bits per heavy atom. The van der Waals surface area contributed by atoms with Crippen LogP contribution in [0, 0.1) is 6.92 Å². The summed E-state index contributed by atoms with van der Waals surface area (Å²) in [5.74, 6) is 1.49. The number of nitrogens with zero attached hydrogens (tertiary/aromatic N) is 4. The van der Waals surface area contributed by atoms with Crippen molar-refractivity contribution in [2.45, 2.75) is 24.5 Å². The van der Waals surface area contributed by atoms with Crippen molar-refractivity contribution in [1.29, 1.82) is 0 Å². The third kappa shape index (κ3) is 3.79. The molecule has 3 heterocycles. The maximum Gasteiger partial charge on any atom is 0.265 e. The summed E-state index contributed by atoms with van der Waals surface area (Å²) in [6.07, 6.45) is 1.70. The van der Waals surface area contributed by atoms with Crippen molar-refractivity contribution in [1.82, 2.24) is 19.3 Å². The Kier molecular flexibility index (Phi) is 5.74. The molecule has 0 saturated heterocycles. The molecule has 9 nitrogen and oxygen atoms in total. The van der Waals surface area contributed by atoms with Gasteiger partial charge in [0.2, 0.25) is 5.91 Å². The Labute approximate surface area is 199 Å². The number of hydrogen-bond donors (Lipinski definition) is 1. The number of fused-ring (bicyclic) bond motifs is 2. The van der Waals surface area contributed by atoms with Crippen LogP contribution >= 0.6 is 11.8 Å². The lowest BCUT2D eigenvalue weighted by Crippen LogP contribution is -2.27. The number of nitrogens with one attached hydrogen (secondary N) is 1. The van der Waals surface area contributed by atoms with Crippen molar-refractivity contribution in [3.8, 4) is 17.2 Å². The van der Waals surface area contributed by atoms with Crippen LogP contribution in [0.1, 0.15) is 18.0 Å². The molecule has 5 rings (SSSR count). The van der Waals surface area contributed by atoms with E-state index in [-0.39, 0.29) is 23.9 Å². The molecule has 1 N–H and O–H groups in total. The third-order valence-electron chi connectivity index (χ3n) is 5.80. The summed E-state index contributed by atoms with van der Waals surface area (Å²) < 4.78 is 13.8. The Morgan fingerprint density at radius 3 is 2.74 bits per heavy atom. The number of benzene rings is 2. The van der Waals surface area contributed by atoms with Crippen LogP contribution in [0.3, 0.4) is 0 Å². The second-order valence-corrected chi connectivity index (χ2v) is 8.92. The van der Waals surface area contributed by atoms with Gasteiger partial charge in [-0.1, -0.05) is 30.0 Å². The number of rotatable bonds is 6. The van der Waals surface area contributed by atoms with E-state index >= 15 is 0 Å². The molecule has 1 unspecified atom stereocenters. The maximum absolute atomic E-state index is 13.3. The first kappa shape index (κ1) is 22.0. The molecule has 0 fully saturated rings. The van der Waals surface area contributed by atoms with Crippen LogP contribution in [-0.4, -0.2) is 45.2 Å².